The van der Waals surface area contributed by atoms with Gasteiger partial charge in [0, 0.05) is 23.8 Å². The zero-order valence-electron chi connectivity index (χ0n) is 19.6. The van der Waals surface area contributed by atoms with E-state index in [1.165, 1.54) is 21.3 Å². The van der Waals surface area contributed by atoms with Gasteiger partial charge in [-0.25, -0.2) is 4.79 Å². The third-order valence-electron chi connectivity index (χ3n) is 4.66. The van der Waals surface area contributed by atoms with Gasteiger partial charge >= 0.3 is 6.03 Å². The second-order valence-electron chi connectivity index (χ2n) is 6.86. The van der Waals surface area contributed by atoms with Crippen molar-refractivity contribution in [2.45, 2.75) is 6.92 Å². The van der Waals surface area contributed by atoms with Crippen LogP contribution in [0.4, 0.5) is 10.5 Å². The van der Waals surface area contributed by atoms with E-state index in [2.05, 4.69) is 20.8 Å². The van der Waals surface area contributed by atoms with Gasteiger partial charge in [-0.05, 0) is 37.3 Å². The van der Waals surface area contributed by atoms with E-state index in [4.69, 9.17) is 23.7 Å². The minimum Gasteiger partial charge on any atom is -0.494 e. The molecule has 10 heteroatoms. The van der Waals surface area contributed by atoms with E-state index in [1.807, 2.05) is 37.3 Å². The van der Waals surface area contributed by atoms with E-state index in [1.54, 1.807) is 18.2 Å². The van der Waals surface area contributed by atoms with Gasteiger partial charge in [0.05, 0.1) is 45.9 Å². The van der Waals surface area contributed by atoms with Crippen molar-refractivity contribution in [3.05, 3.63) is 48.5 Å². The molecule has 0 saturated carbocycles. The highest BCUT2D eigenvalue weighted by Gasteiger charge is 2.14. The zero-order chi connectivity index (χ0) is 24.3. The molecule has 2 aromatic carbocycles. The maximum Gasteiger partial charge on any atom is 0.319 e. The highest BCUT2D eigenvalue weighted by Crippen LogP contribution is 2.39. The Hall–Kier alpha value is -4.21. The second kappa shape index (κ2) is 12.1. The number of hydrogen-bond acceptors (Lipinski definition) is 8. The van der Waals surface area contributed by atoms with Crippen LogP contribution >= 0.6 is 0 Å². The predicted octanol–water partition coefficient (Wildman–Crippen LogP) is 3.77. The number of methoxy groups -OCH3 is 3. The van der Waals surface area contributed by atoms with E-state index in [0.29, 0.717) is 35.4 Å². The quantitative estimate of drug-likeness (QED) is 0.409. The summed E-state index contributed by atoms with van der Waals surface area (Å²) in [6.07, 6.45) is 0. The number of amides is 2. The number of anilines is 1. The molecular formula is C24H28N4O6. The number of benzene rings is 2. The third kappa shape index (κ3) is 6.41. The molecule has 2 N–H and O–H groups in total. The summed E-state index contributed by atoms with van der Waals surface area (Å²) < 4.78 is 26.8. The molecule has 2 amide bonds. The Bertz CT molecular complexity index is 1050. The lowest BCUT2D eigenvalue weighted by atomic mass is 10.1. The molecule has 10 nitrogen and oxygen atoms in total. The molecule has 0 aliphatic heterocycles. The third-order valence-corrected chi connectivity index (χ3v) is 4.66. The van der Waals surface area contributed by atoms with Crippen LogP contribution in [0.5, 0.6) is 28.9 Å². The molecule has 3 aromatic rings. The largest absolute Gasteiger partial charge is 0.494 e. The first-order valence-electron chi connectivity index (χ1n) is 10.6. The van der Waals surface area contributed by atoms with Crippen molar-refractivity contribution in [1.29, 1.82) is 0 Å². The number of carbonyl (C=O) groups excluding carboxylic acids is 1. The van der Waals surface area contributed by atoms with Crippen molar-refractivity contribution in [3.8, 4) is 40.1 Å². The first-order valence-corrected chi connectivity index (χ1v) is 10.6. The minimum atomic E-state index is -0.408. The van der Waals surface area contributed by atoms with E-state index < -0.39 is 6.03 Å². The number of urea groups is 1. The Morgan fingerprint density at radius 2 is 1.59 bits per heavy atom. The van der Waals surface area contributed by atoms with Gasteiger partial charge in [0.2, 0.25) is 11.6 Å². The molecule has 3 rings (SSSR count). The van der Waals surface area contributed by atoms with Crippen LogP contribution in [0.3, 0.4) is 0 Å². The maximum atomic E-state index is 12.2. The Balaban J connectivity index is 1.46. The Morgan fingerprint density at radius 1 is 0.882 bits per heavy atom. The van der Waals surface area contributed by atoms with Crippen molar-refractivity contribution in [1.82, 2.24) is 15.5 Å². The summed E-state index contributed by atoms with van der Waals surface area (Å²) in [4.78, 5) is 12.2. The van der Waals surface area contributed by atoms with Gasteiger partial charge in [0.15, 0.2) is 11.5 Å². The summed E-state index contributed by atoms with van der Waals surface area (Å²) in [6, 6.07) is 14.0. The van der Waals surface area contributed by atoms with E-state index in [0.717, 1.165) is 17.0 Å². The highest BCUT2D eigenvalue weighted by molar-refractivity contribution is 5.90. The van der Waals surface area contributed by atoms with Gasteiger partial charge in [-0.3, -0.25) is 0 Å². The number of nitrogens with one attached hydrogen (secondary N) is 2. The van der Waals surface area contributed by atoms with Crippen LogP contribution in [0.15, 0.2) is 48.5 Å². The number of carbonyl (C=O) groups is 1. The van der Waals surface area contributed by atoms with Gasteiger partial charge in [-0.1, -0.05) is 0 Å². The van der Waals surface area contributed by atoms with Gasteiger partial charge < -0.3 is 34.3 Å². The van der Waals surface area contributed by atoms with Gasteiger partial charge in [-0.2, -0.15) is 0 Å². The maximum absolute atomic E-state index is 12.2. The molecule has 0 fully saturated rings. The van der Waals surface area contributed by atoms with Crippen LogP contribution in [0.25, 0.3) is 11.3 Å². The fraction of sp³-hybridized carbons (Fsp3) is 0.292. The van der Waals surface area contributed by atoms with Gasteiger partial charge in [0.1, 0.15) is 12.4 Å². The number of aromatic nitrogens is 2. The van der Waals surface area contributed by atoms with Crippen LogP contribution in [-0.4, -0.2) is 57.3 Å². The number of rotatable bonds is 11. The van der Waals surface area contributed by atoms with Crippen LogP contribution in [0, 0.1) is 0 Å². The number of hydrogen-bond donors (Lipinski definition) is 2. The molecule has 0 atom stereocenters. The number of nitrogens with zero attached hydrogens (tertiary/aromatic N) is 2. The molecule has 0 saturated heterocycles. The Kier molecular flexibility index (Phi) is 8.73. The standard InChI is InChI=1S/C24H28N4O6/c1-5-33-18-8-6-16(7-9-18)19-10-11-22(28-27-19)34-13-12-25-24(29)26-17-14-20(30-2)23(32-4)21(15-17)31-3/h6-11,14-15H,5,12-13H2,1-4H3,(H2,25,26,29). The lowest BCUT2D eigenvalue weighted by Crippen LogP contribution is -2.32. The lowest BCUT2D eigenvalue weighted by Gasteiger charge is -2.15. The SMILES string of the molecule is CCOc1ccc(-c2ccc(OCCNC(=O)Nc3cc(OC)c(OC)c(OC)c3)nn2)cc1. The minimum absolute atomic E-state index is 0.222. The fourth-order valence-electron chi connectivity index (χ4n) is 3.09. The molecule has 0 aliphatic carbocycles. The highest BCUT2D eigenvalue weighted by atomic mass is 16.5. The molecule has 1 aromatic heterocycles. The van der Waals surface area contributed by atoms with Gasteiger partial charge in [0.25, 0.3) is 0 Å². The van der Waals surface area contributed by atoms with E-state index in [9.17, 15) is 4.79 Å². The molecule has 180 valence electrons. The fourth-order valence-corrected chi connectivity index (χ4v) is 3.09. The van der Waals surface area contributed by atoms with Crippen LogP contribution in [-0.2, 0) is 0 Å². The summed E-state index contributed by atoms with van der Waals surface area (Å²) in [5.41, 5.74) is 2.13. The summed E-state index contributed by atoms with van der Waals surface area (Å²) in [5, 5.41) is 13.7. The zero-order valence-corrected chi connectivity index (χ0v) is 19.6. The molecule has 0 radical (unpaired) electrons. The topological polar surface area (TPSA) is 113 Å². The summed E-state index contributed by atoms with van der Waals surface area (Å²) >= 11 is 0. The van der Waals surface area contributed by atoms with E-state index >= 15 is 0 Å². The molecule has 0 bridgehead atoms. The van der Waals surface area contributed by atoms with Crippen molar-refractivity contribution < 1.29 is 28.5 Å². The first-order chi connectivity index (χ1) is 16.6. The Morgan fingerprint density at radius 3 is 2.15 bits per heavy atom. The van der Waals surface area contributed by atoms with Crippen molar-refractivity contribution in [2.24, 2.45) is 0 Å². The number of ether oxygens (including phenoxy) is 5. The predicted molar refractivity (Wildman–Crippen MR) is 127 cm³/mol. The molecule has 34 heavy (non-hydrogen) atoms. The normalized spacial score (nSPS) is 10.2. The summed E-state index contributed by atoms with van der Waals surface area (Å²) in [6.45, 7) is 3.04. The van der Waals surface area contributed by atoms with Crippen LogP contribution in [0.2, 0.25) is 0 Å². The van der Waals surface area contributed by atoms with Crippen LogP contribution < -0.4 is 34.3 Å². The lowest BCUT2D eigenvalue weighted by molar-refractivity contribution is 0.246. The molecule has 0 spiro atoms. The summed E-state index contributed by atoms with van der Waals surface area (Å²) in [7, 11) is 4.52. The second-order valence-corrected chi connectivity index (χ2v) is 6.86. The summed E-state index contributed by atoms with van der Waals surface area (Å²) in [5.74, 6) is 2.49. The Labute approximate surface area is 198 Å². The molecule has 0 unspecified atom stereocenters. The van der Waals surface area contributed by atoms with Crippen molar-refractivity contribution in [2.75, 3.05) is 46.4 Å². The van der Waals surface area contributed by atoms with E-state index in [-0.39, 0.29) is 13.2 Å². The molecular weight excluding hydrogens is 440 g/mol. The van der Waals surface area contributed by atoms with Crippen LogP contribution in [0.1, 0.15) is 6.92 Å². The smallest absolute Gasteiger partial charge is 0.319 e. The molecule has 1 heterocycles. The first kappa shape index (κ1) is 24.4. The monoisotopic (exact) mass is 468 g/mol. The van der Waals surface area contributed by atoms with Crippen molar-refractivity contribution >= 4 is 11.7 Å². The van der Waals surface area contributed by atoms with Crippen molar-refractivity contribution in [3.63, 3.8) is 0 Å². The molecule has 0 aliphatic rings. The van der Waals surface area contributed by atoms with Gasteiger partial charge in [-0.15, -0.1) is 10.2 Å². The average molecular weight is 469 g/mol. The average Bonchev–Trinajstić information content (AvgIpc) is 2.87.